The summed E-state index contributed by atoms with van der Waals surface area (Å²) in [7, 11) is 1.57. The molecule has 3 heterocycles. The number of aromatic nitrogens is 2. The Labute approximate surface area is 247 Å². The third-order valence-corrected chi connectivity index (χ3v) is 9.19. The van der Waals surface area contributed by atoms with Crippen molar-refractivity contribution in [3.63, 3.8) is 0 Å². The van der Waals surface area contributed by atoms with Gasteiger partial charge in [0.05, 0.1) is 13.2 Å². The minimum atomic E-state index is -0.985. The van der Waals surface area contributed by atoms with Gasteiger partial charge in [-0.2, -0.15) is 0 Å². The molecule has 3 atom stereocenters. The summed E-state index contributed by atoms with van der Waals surface area (Å²) in [6.07, 6.45) is 6.44. The number of halogens is 1. The Balaban J connectivity index is 1.37. The molecule has 41 heavy (non-hydrogen) atoms. The predicted molar refractivity (Wildman–Crippen MR) is 156 cm³/mol. The van der Waals surface area contributed by atoms with Gasteiger partial charge >= 0.3 is 0 Å². The van der Waals surface area contributed by atoms with Crippen LogP contribution in [0, 0.1) is 11.8 Å². The number of Topliss-reactive ketones (excluding diaryl/α,β-unsaturated/α-hetero) is 1. The van der Waals surface area contributed by atoms with Crippen molar-refractivity contribution in [2.75, 3.05) is 13.7 Å². The lowest BCUT2D eigenvalue weighted by Gasteiger charge is -2.28. The Morgan fingerprint density at radius 3 is 2.61 bits per heavy atom. The fourth-order valence-electron chi connectivity index (χ4n) is 5.83. The maximum absolute atomic E-state index is 13.8. The smallest absolute Gasteiger partial charge is 0.268 e. The minimum Gasteiger partial charge on any atom is -0.496 e. The van der Waals surface area contributed by atoms with Crippen molar-refractivity contribution < 1.29 is 23.9 Å². The standard InChI is InChI=1S/C29H34ClN5O5S/c1-40-23-9-5-8-19-18(23)14-22(32-19)28(39)34-21(12-16-6-3-2-4-7-16)27(38)33-20(13-17-10-11-31-26(17)37)25(36)29-35-24(30)15-41-29/h5,8-9,14-17,20-21,32H,2-4,6-7,10-13H2,1H3,(H,31,37)(H,33,38)(H,34,39)/t17-,20-,21+/m1/s1. The lowest BCUT2D eigenvalue weighted by Crippen LogP contribution is -2.53. The highest BCUT2D eigenvalue weighted by Crippen LogP contribution is 2.29. The summed E-state index contributed by atoms with van der Waals surface area (Å²) in [5, 5.41) is 11.3. The molecule has 0 radical (unpaired) electrons. The molecule has 0 unspecified atom stereocenters. The van der Waals surface area contributed by atoms with Crippen molar-refractivity contribution in [3.8, 4) is 5.75 Å². The number of aromatic amines is 1. The van der Waals surface area contributed by atoms with Crippen molar-refractivity contribution in [2.24, 2.45) is 11.8 Å². The lowest BCUT2D eigenvalue weighted by atomic mass is 9.84. The molecule has 1 aliphatic carbocycles. The van der Waals surface area contributed by atoms with Gasteiger partial charge in [-0.1, -0.05) is 49.8 Å². The molecule has 0 spiro atoms. The summed E-state index contributed by atoms with van der Waals surface area (Å²) in [6.45, 7) is 0.525. The molecule has 1 saturated carbocycles. The molecule has 2 aliphatic rings. The van der Waals surface area contributed by atoms with E-state index in [0.29, 0.717) is 30.8 Å². The number of H-pyrrole nitrogens is 1. The summed E-state index contributed by atoms with van der Waals surface area (Å²) in [5.74, 6) is -0.937. The van der Waals surface area contributed by atoms with E-state index in [2.05, 4.69) is 25.9 Å². The van der Waals surface area contributed by atoms with Crippen LogP contribution in [-0.2, 0) is 9.59 Å². The van der Waals surface area contributed by atoms with E-state index in [1.807, 2.05) is 18.2 Å². The van der Waals surface area contributed by atoms with E-state index in [1.54, 1.807) is 18.6 Å². The highest BCUT2D eigenvalue weighted by atomic mass is 35.5. The number of hydrogen-bond acceptors (Lipinski definition) is 7. The Hall–Kier alpha value is -3.44. The fourth-order valence-corrected chi connectivity index (χ4v) is 6.77. The van der Waals surface area contributed by atoms with Crippen LogP contribution in [0.25, 0.3) is 10.9 Å². The van der Waals surface area contributed by atoms with Gasteiger partial charge in [-0.3, -0.25) is 19.2 Å². The quantitative estimate of drug-likeness (QED) is 0.243. The number of fused-ring (bicyclic) bond motifs is 1. The Kier molecular flexibility index (Phi) is 9.24. The molecule has 1 saturated heterocycles. The van der Waals surface area contributed by atoms with Crippen LogP contribution < -0.4 is 20.7 Å². The van der Waals surface area contributed by atoms with Gasteiger partial charge in [-0.25, -0.2) is 4.98 Å². The van der Waals surface area contributed by atoms with E-state index in [4.69, 9.17) is 16.3 Å². The number of carbonyl (C=O) groups excluding carboxylic acids is 4. The first-order valence-electron chi connectivity index (χ1n) is 14.0. The van der Waals surface area contributed by atoms with Crippen LogP contribution in [0.4, 0.5) is 0 Å². The van der Waals surface area contributed by atoms with Crippen LogP contribution in [0.3, 0.4) is 0 Å². The van der Waals surface area contributed by atoms with Crippen LogP contribution in [-0.4, -0.2) is 59.2 Å². The molecule has 3 amide bonds. The zero-order valence-corrected chi connectivity index (χ0v) is 24.4. The second-order valence-corrected chi connectivity index (χ2v) is 12.0. The SMILES string of the molecule is COc1cccc2[nH]c(C(=O)N[C@@H](CC3CCCCC3)C(=O)N[C@H](C[C@H]3CCNC3=O)C(=O)c3nc(Cl)cs3)cc12. The maximum Gasteiger partial charge on any atom is 0.268 e. The van der Waals surface area contributed by atoms with Crippen LogP contribution in [0.2, 0.25) is 5.15 Å². The van der Waals surface area contributed by atoms with Gasteiger partial charge in [-0.05, 0) is 43.4 Å². The summed E-state index contributed by atoms with van der Waals surface area (Å²) < 4.78 is 5.42. The molecule has 3 aromatic rings. The second-order valence-electron chi connectivity index (χ2n) is 10.8. The number of hydrogen-bond donors (Lipinski definition) is 4. The highest BCUT2D eigenvalue weighted by Gasteiger charge is 2.35. The number of nitrogens with one attached hydrogen (secondary N) is 4. The topological polar surface area (TPSA) is 142 Å². The number of carbonyl (C=O) groups is 4. The summed E-state index contributed by atoms with van der Waals surface area (Å²) in [5.41, 5.74) is 1.05. The lowest BCUT2D eigenvalue weighted by molar-refractivity contribution is -0.125. The van der Waals surface area contributed by atoms with Crippen LogP contribution in [0.5, 0.6) is 5.75 Å². The monoisotopic (exact) mass is 599 g/mol. The largest absolute Gasteiger partial charge is 0.496 e. The van der Waals surface area contributed by atoms with E-state index < -0.39 is 35.6 Å². The molecular weight excluding hydrogens is 566 g/mol. The molecule has 4 N–H and O–H groups in total. The number of nitrogens with zero attached hydrogens (tertiary/aromatic N) is 1. The van der Waals surface area contributed by atoms with Crippen molar-refractivity contribution in [3.05, 3.63) is 45.5 Å². The van der Waals surface area contributed by atoms with Gasteiger partial charge in [-0.15, -0.1) is 11.3 Å². The maximum atomic E-state index is 13.8. The van der Waals surface area contributed by atoms with Gasteiger partial charge in [0.2, 0.25) is 17.6 Å². The van der Waals surface area contributed by atoms with E-state index in [1.165, 1.54) is 0 Å². The molecule has 5 rings (SSSR count). The fraction of sp³-hybridized carbons (Fsp3) is 0.483. The number of rotatable bonds is 11. The van der Waals surface area contributed by atoms with Crippen LogP contribution in [0.15, 0.2) is 29.6 Å². The zero-order chi connectivity index (χ0) is 28.9. The number of methoxy groups -OCH3 is 1. The first-order chi connectivity index (χ1) is 19.8. The summed E-state index contributed by atoms with van der Waals surface area (Å²) in [6, 6.07) is 5.34. The van der Waals surface area contributed by atoms with E-state index in [0.717, 1.165) is 54.3 Å². The number of amides is 3. The van der Waals surface area contributed by atoms with Gasteiger partial charge in [0.1, 0.15) is 22.6 Å². The number of ether oxygens (including phenoxy) is 1. The van der Waals surface area contributed by atoms with Crippen molar-refractivity contribution >= 4 is 57.3 Å². The third-order valence-electron chi connectivity index (χ3n) is 8.01. The summed E-state index contributed by atoms with van der Waals surface area (Å²) in [4.78, 5) is 60.2. The normalized spacial score (nSPS) is 19.0. The summed E-state index contributed by atoms with van der Waals surface area (Å²) >= 11 is 7.06. The van der Waals surface area contributed by atoms with Gasteiger partial charge in [0.15, 0.2) is 5.01 Å². The van der Waals surface area contributed by atoms with Crippen molar-refractivity contribution in [1.82, 2.24) is 25.9 Å². The van der Waals surface area contributed by atoms with E-state index in [9.17, 15) is 19.2 Å². The number of ketones is 1. The molecule has 1 aliphatic heterocycles. The highest BCUT2D eigenvalue weighted by molar-refractivity contribution is 7.12. The van der Waals surface area contributed by atoms with E-state index >= 15 is 0 Å². The third kappa shape index (κ3) is 6.90. The Morgan fingerprint density at radius 1 is 1.12 bits per heavy atom. The van der Waals surface area contributed by atoms with Crippen molar-refractivity contribution in [1.29, 1.82) is 0 Å². The molecule has 1 aromatic carbocycles. The first kappa shape index (κ1) is 29.1. The minimum absolute atomic E-state index is 0.138. The second kappa shape index (κ2) is 13.0. The molecule has 2 aromatic heterocycles. The number of benzene rings is 1. The van der Waals surface area contributed by atoms with E-state index in [-0.39, 0.29) is 28.4 Å². The van der Waals surface area contributed by atoms with Crippen LogP contribution in [0.1, 0.15) is 71.7 Å². The molecule has 12 heteroatoms. The van der Waals surface area contributed by atoms with Gasteiger partial charge < -0.3 is 25.7 Å². The first-order valence-corrected chi connectivity index (χ1v) is 15.3. The predicted octanol–water partition coefficient (Wildman–Crippen LogP) is 4.25. The Morgan fingerprint density at radius 2 is 1.93 bits per heavy atom. The molecular formula is C29H34ClN5O5S. The zero-order valence-electron chi connectivity index (χ0n) is 22.8. The van der Waals surface area contributed by atoms with Gasteiger partial charge in [0, 0.05) is 28.7 Å². The molecule has 10 nitrogen and oxygen atoms in total. The average molecular weight is 600 g/mol. The number of thiazole rings is 1. The Bertz CT molecular complexity index is 1430. The van der Waals surface area contributed by atoms with Gasteiger partial charge in [0.25, 0.3) is 5.91 Å². The van der Waals surface area contributed by atoms with Crippen molar-refractivity contribution in [2.45, 2.75) is 63.5 Å². The average Bonchev–Trinajstić information content (AvgIpc) is 3.72. The molecule has 2 fully saturated rings. The molecule has 218 valence electrons. The van der Waals surface area contributed by atoms with Crippen LogP contribution >= 0.6 is 22.9 Å². The molecule has 0 bridgehead atoms.